The van der Waals surface area contributed by atoms with Gasteiger partial charge in [-0.25, -0.2) is 4.39 Å². The molecule has 0 saturated carbocycles. The Morgan fingerprint density at radius 1 is 1.00 bits per heavy atom. The van der Waals surface area contributed by atoms with Crippen molar-refractivity contribution in [3.63, 3.8) is 0 Å². The van der Waals surface area contributed by atoms with Crippen molar-refractivity contribution in [2.45, 2.75) is 12.8 Å². The third-order valence-corrected chi connectivity index (χ3v) is 3.86. The zero-order valence-corrected chi connectivity index (χ0v) is 12.7. The van der Waals surface area contributed by atoms with Crippen LogP contribution in [0, 0.1) is 11.7 Å². The molecular weight excluding hydrogens is 295 g/mol. The van der Waals surface area contributed by atoms with E-state index >= 15 is 0 Å². The Bertz CT molecular complexity index is 667. The van der Waals surface area contributed by atoms with Gasteiger partial charge in [-0.1, -0.05) is 6.07 Å². The lowest BCUT2D eigenvalue weighted by Crippen LogP contribution is -2.28. The summed E-state index contributed by atoms with van der Waals surface area (Å²) in [5.74, 6) is -0.219. The highest BCUT2D eigenvalue weighted by atomic mass is 19.1. The van der Waals surface area contributed by atoms with Crippen molar-refractivity contribution in [2.75, 3.05) is 23.8 Å². The predicted octanol–water partition coefficient (Wildman–Crippen LogP) is 3.93. The molecule has 23 heavy (non-hydrogen) atoms. The summed E-state index contributed by atoms with van der Waals surface area (Å²) in [6, 6.07) is 13.7. The average molecular weight is 314 g/mol. The molecule has 0 aliphatic carbocycles. The Balaban J connectivity index is 1.59. The fourth-order valence-electron chi connectivity index (χ4n) is 2.57. The van der Waals surface area contributed by atoms with E-state index in [1.165, 1.54) is 12.1 Å². The van der Waals surface area contributed by atoms with Gasteiger partial charge in [-0.15, -0.1) is 0 Å². The van der Waals surface area contributed by atoms with Crippen molar-refractivity contribution in [3.8, 4) is 0 Å². The van der Waals surface area contributed by atoms with E-state index in [9.17, 15) is 9.18 Å². The third kappa shape index (κ3) is 4.29. The highest BCUT2D eigenvalue weighted by Crippen LogP contribution is 2.21. The van der Waals surface area contributed by atoms with Crippen LogP contribution in [0.2, 0.25) is 0 Å². The number of amides is 1. The molecule has 1 heterocycles. The second-order valence-electron chi connectivity index (χ2n) is 5.59. The van der Waals surface area contributed by atoms with Gasteiger partial charge < -0.3 is 15.4 Å². The van der Waals surface area contributed by atoms with Crippen LogP contribution < -0.4 is 10.6 Å². The maximum Gasteiger partial charge on any atom is 0.227 e. The molecule has 4 nitrogen and oxygen atoms in total. The normalized spacial score (nSPS) is 15.2. The van der Waals surface area contributed by atoms with E-state index in [2.05, 4.69) is 10.6 Å². The molecule has 1 amide bonds. The summed E-state index contributed by atoms with van der Waals surface area (Å²) in [4.78, 5) is 12.2. The summed E-state index contributed by atoms with van der Waals surface area (Å²) in [6.07, 6.45) is 1.54. The van der Waals surface area contributed by atoms with Crippen LogP contribution in [-0.2, 0) is 9.53 Å². The number of ether oxygens (including phenoxy) is 1. The molecule has 120 valence electrons. The van der Waals surface area contributed by atoms with Crippen LogP contribution in [0.3, 0.4) is 0 Å². The van der Waals surface area contributed by atoms with Crippen molar-refractivity contribution < 1.29 is 13.9 Å². The maximum absolute atomic E-state index is 13.2. The average Bonchev–Trinajstić information content (AvgIpc) is 2.57. The summed E-state index contributed by atoms with van der Waals surface area (Å²) < 4.78 is 18.4. The number of hydrogen-bond acceptors (Lipinski definition) is 3. The quantitative estimate of drug-likeness (QED) is 0.899. The predicted molar refractivity (Wildman–Crippen MR) is 88.3 cm³/mol. The highest BCUT2D eigenvalue weighted by Gasteiger charge is 2.21. The second kappa shape index (κ2) is 7.24. The fraction of sp³-hybridized carbons (Fsp3) is 0.278. The molecule has 1 aliphatic rings. The SMILES string of the molecule is O=C(Nc1ccc(Nc2cccc(F)c2)cc1)C1CCOCC1. The first-order chi connectivity index (χ1) is 11.2. The van der Waals surface area contributed by atoms with Crippen molar-refractivity contribution in [2.24, 2.45) is 5.92 Å². The van der Waals surface area contributed by atoms with Gasteiger partial charge in [0, 0.05) is 36.2 Å². The minimum absolute atomic E-state index is 0.0221. The zero-order chi connectivity index (χ0) is 16.1. The molecule has 0 unspecified atom stereocenters. The molecule has 1 fully saturated rings. The Kier molecular flexibility index (Phi) is 4.88. The zero-order valence-electron chi connectivity index (χ0n) is 12.7. The smallest absolute Gasteiger partial charge is 0.227 e. The molecule has 0 radical (unpaired) electrons. The number of hydrogen-bond donors (Lipinski definition) is 2. The maximum atomic E-state index is 13.2. The Hall–Kier alpha value is -2.40. The highest BCUT2D eigenvalue weighted by molar-refractivity contribution is 5.92. The summed E-state index contributed by atoms with van der Waals surface area (Å²) in [7, 11) is 0. The van der Waals surface area contributed by atoms with E-state index in [-0.39, 0.29) is 17.6 Å². The molecule has 0 spiro atoms. The van der Waals surface area contributed by atoms with Gasteiger partial charge in [0.15, 0.2) is 0 Å². The second-order valence-corrected chi connectivity index (χ2v) is 5.59. The van der Waals surface area contributed by atoms with Gasteiger partial charge in [-0.05, 0) is 55.3 Å². The van der Waals surface area contributed by atoms with Gasteiger partial charge in [-0.2, -0.15) is 0 Å². The van der Waals surface area contributed by atoms with Gasteiger partial charge in [0.25, 0.3) is 0 Å². The molecule has 2 aromatic carbocycles. The lowest BCUT2D eigenvalue weighted by Gasteiger charge is -2.21. The first kappa shape index (κ1) is 15.5. The van der Waals surface area contributed by atoms with E-state index in [4.69, 9.17) is 4.74 Å². The van der Waals surface area contributed by atoms with Crippen LogP contribution in [0.5, 0.6) is 0 Å². The summed E-state index contributed by atoms with van der Waals surface area (Å²) in [5.41, 5.74) is 2.27. The summed E-state index contributed by atoms with van der Waals surface area (Å²) >= 11 is 0. The molecule has 3 rings (SSSR count). The largest absolute Gasteiger partial charge is 0.381 e. The van der Waals surface area contributed by atoms with Crippen LogP contribution >= 0.6 is 0 Å². The van der Waals surface area contributed by atoms with Crippen LogP contribution in [0.15, 0.2) is 48.5 Å². The van der Waals surface area contributed by atoms with E-state index in [0.29, 0.717) is 18.9 Å². The van der Waals surface area contributed by atoms with Crippen LogP contribution in [0.25, 0.3) is 0 Å². The Morgan fingerprint density at radius 2 is 1.70 bits per heavy atom. The number of carbonyl (C=O) groups is 1. The number of halogens is 1. The van der Waals surface area contributed by atoms with E-state index in [1.54, 1.807) is 12.1 Å². The number of anilines is 3. The number of rotatable bonds is 4. The first-order valence-electron chi connectivity index (χ1n) is 7.72. The summed E-state index contributed by atoms with van der Waals surface area (Å²) in [6.45, 7) is 1.29. The van der Waals surface area contributed by atoms with Crippen LogP contribution in [-0.4, -0.2) is 19.1 Å². The molecule has 0 atom stereocenters. The monoisotopic (exact) mass is 314 g/mol. The Labute approximate surface area is 134 Å². The lowest BCUT2D eigenvalue weighted by molar-refractivity contribution is -0.122. The van der Waals surface area contributed by atoms with Crippen molar-refractivity contribution >= 4 is 23.0 Å². The topological polar surface area (TPSA) is 50.4 Å². The molecular formula is C18H19FN2O2. The standard InChI is InChI=1S/C18H19FN2O2/c19-14-2-1-3-17(12-14)20-15-4-6-16(7-5-15)21-18(22)13-8-10-23-11-9-13/h1-7,12-13,20H,8-11H2,(H,21,22). The van der Waals surface area contributed by atoms with Crippen molar-refractivity contribution in [3.05, 3.63) is 54.3 Å². The number of carbonyl (C=O) groups excluding carboxylic acids is 1. The first-order valence-corrected chi connectivity index (χ1v) is 7.72. The van der Waals surface area contributed by atoms with E-state index in [1.807, 2.05) is 24.3 Å². The minimum atomic E-state index is -0.282. The van der Waals surface area contributed by atoms with Crippen molar-refractivity contribution in [1.29, 1.82) is 0 Å². The number of nitrogens with one attached hydrogen (secondary N) is 2. The van der Waals surface area contributed by atoms with E-state index in [0.717, 1.165) is 24.2 Å². The fourth-order valence-corrected chi connectivity index (χ4v) is 2.57. The molecule has 2 N–H and O–H groups in total. The van der Waals surface area contributed by atoms with Gasteiger partial charge in [0.2, 0.25) is 5.91 Å². The minimum Gasteiger partial charge on any atom is -0.381 e. The molecule has 2 aromatic rings. The molecule has 5 heteroatoms. The number of benzene rings is 2. The van der Waals surface area contributed by atoms with Gasteiger partial charge >= 0.3 is 0 Å². The molecule has 1 aliphatic heterocycles. The summed E-state index contributed by atoms with van der Waals surface area (Å²) in [5, 5.41) is 6.05. The Morgan fingerprint density at radius 3 is 2.39 bits per heavy atom. The molecule has 0 aromatic heterocycles. The van der Waals surface area contributed by atoms with Gasteiger partial charge in [0.1, 0.15) is 5.82 Å². The lowest BCUT2D eigenvalue weighted by atomic mass is 9.99. The van der Waals surface area contributed by atoms with Gasteiger partial charge in [-0.3, -0.25) is 4.79 Å². The molecule has 1 saturated heterocycles. The molecule has 0 bridgehead atoms. The van der Waals surface area contributed by atoms with Crippen molar-refractivity contribution in [1.82, 2.24) is 0 Å². The van der Waals surface area contributed by atoms with Crippen LogP contribution in [0.4, 0.5) is 21.5 Å². The van der Waals surface area contributed by atoms with E-state index < -0.39 is 0 Å². The van der Waals surface area contributed by atoms with Gasteiger partial charge in [0.05, 0.1) is 0 Å². The van der Waals surface area contributed by atoms with Crippen LogP contribution in [0.1, 0.15) is 12.8 Å². The third-order valence-electron chi connectivity index (χ3n) is 3.86.